The molecule has 5 heteroatoms. The Bertz CT molecular complexity index is 512. The molecule has 2 unspecified atom stereocenters. The van der Waals surface area contributed by atoms with Gasteiger partial charge in [0.2, 0.25) is 5.91 Å². The second kappa shape index (κ2) is 9.30. The van der Waals surface area contributed by atoms with Crippen molar-refractivity contribution in [2.75, 3.05) is 6.54 Å². The van der Waals surface area contributed by atoms with Gasteiger partial charge in [0.25, 0.3) is 0 Å². The molecule has 0 aliphatic heterocycles. The van der Waals surface area contributed by atoms with Gasteiger partial charge in [-0.1, -0.05) is 38.1 Å². The lowest BCUT2D eigenvalue weighted by molar-refractivity contribution is -0.142. The molecule has 0 heterocycles. The van der Waals surface area contributed by atoms with Gasteiger partial charge in [0.05, 0.1) is 5.92 Å². The molecule has 0 fully saturated rings. The van der Waals surface area contributed by atoms with Gasteiger partial charge < -0.3 is 16.2 Å². The van der Waals surface area contributed by atoms with Crippen molar-refractivity contribution in [2.45, 2.75) is 52.0 Å². The Morgan fingerprint density at radius 2 is 1.78 bits per heavy atom. The molecule has 0 saturated carbocycles. The summed E-state index contributed by atoms with van der Waals surface area (Å²) in [4.78, 5) is 23.5. The topological polar surface area (TPSA) is 92.4 Å². The van der Waals surface area contributed by atoms with Crippen LogP contribution in [0.1, 0.15) is 50.7 Å². The minimum absolute atomic E-state index is 0.272. The van der Waals surface area contributed by atoms with Gasteiger partial charge in [0.1, 0.15) is 6.04 Å². The molecule has 0 radical (unpaired) electrons. The number of hydrogen-bond donors (Lipinski definition) is 3. The number of carbonyl (C=O) groups excluding carboxylic acids is 1. The van der Waals surface area contributed by atoms with Crippen LogP contribution in [0.15, 0.2) is 24.3 Å². The van der Waals surface area contributed by atoms with Crippen LogP contribution in [0, 0.1) is 5.92 Å². The van der Waals surface area contributed by atoms with E-state index in [1.807, 2.05) is 24.3 Å². The largest absolute Gasteiger partial charge is 0.480 e. The highest BCUT2D eigenvalue weighted by molar-refractivity contribution is 5.87. The highest BCUT2D eigenvalue weighted by Gasteiger charge is 2.23. The van der Waals surface area contributed by atoms with Crippen LogP contribution in [-0.4, -0.2) is 29.6 Å². The number of carboxylic acids is 1. The molecule has 0 aromatic heterocycles. The van der Waals surface area contributed by atoms with Crippen molar-refractivity contribution >= 4 is 11.9 Å². The zero-order valence-electron chi connectivity index (χ0n) is 14.2. The zero-order valence-corrected chi connectivity index (χ0v) is 14.2. The third-order valence-electron chi connectivity index (χ3n) is 3.83. The SMILES string of the molecule is CC(C)Cc1ccc(C(C)C(=O)NC(CCCN)C(=O)O)cc1. The van der Waals surface area contributed by atoms with Gasteiger partial charge in [0, 0.05) is 0 Å². The molecule has 1 rings (SSSR count). The van der Waals surface area contributed by atoms with E-state index in [4.69, 9.17) is 10.8 Å². The molecule has 128 valence electrons. The number of carbonyl (C=O) groups is 2. The van der Waals surface area contributed by atoms with E-state index in [-0.39, 0.29) is 11.8 Å². The minimum Gasteiger partial charge on any atom is -0.480 e. The predicted octanol–water partition coefficient (Wildman–Crippen LogP) is 2.30. The zero-order chi connectivity index (χ0) is 17.4. The first-order valence-electron chi connectivity index (χ1n) is 8.17. The first-order chi connectivity index (χ1) is 10.8. The predicted molar refractivity (Wildman–Crippen MR) is 91.3 cm³/mol. The number of hydrogen-bond acceptors (Lipinski definition) is 3. The third-order valence-corrected chi connectivity index (χ3v) is 3.83. The summed E-state index contributed by atoms with van der Waals surface area (Å²) in [7, 11) is 0. The van der Waals surface area contributed by atoms with Crippen LogP contribution in [0.2, 0.25) is 0 Å². The van der Waals surface area contributed by atoms with Crippen LogP contribution in [0.4, 0.5) is 0 Å². The molecule has 0 spiro atoms. The highest BCUT2D eigenvalue weighted by Crippen LogP contribution is 2.18. The molecule has 2 atom stereocenters. The summed E-state index contributed by atoms with van der Waals surface area (Å²) in [5.74, 6) is -1.10. The standard InChI is InChI=1S/C18H28N2O3/c1-12(2)11-14-6-8-15(9-7-14)13(3)17(21)20-16(18(22)23)5-4-10-19/h6-9,12-13,16H,4-5,10-11,19H2,1-3H3,(H,20,21)(H,22,23). The Hall–Kier alpha value is -1.88. The summed E-state index contributed by atoms with van der Waals surface area (Å²) in [6.07, 6.45) is 1.91. The smallest absolute Gasteiger partial charge is 0.326 e. The van der Waals surface area contributed by atoms with Crippen LogP contribution < -0.4 is 11.1 Å². The van der Waals surface area contributed by atoms with E-state index >= 15 is 0 Å². The summed E-state index contributed by atoms with van der Waals surface area (Å²) in [5, 5.41) is 11.8. The number of carboxylic acid groups (broad SMARTS) is 1. The van der Waals surface area contributed by atoms with Gasteiger partial charge in [-0.25, -0.2) is 4.79 Å². The molecule has 1 amide bonds. The van der Waals surface area contributed by atoms with Crippen LogP contribution in [0.3, 0.4) is 0 Å². The van der Waals surface area contributed by atoms with Crippen LogP contribution in [0.25, 0.3) is 0 Å². The quantitative estimate of drug-likeness (QED) is 0.651. The molecule has 1 aromatic carbocycles. The van der Waals surface area contributed by atoms with Gasteiger partial charge in [-0.15, -0.1) is 0 Å². The lowest BCUT2D eigenvalue weighted by Crippen LogP contribution is -2.42. The molecule has 5 nitrogen and oxygen atoms in total. The van der Waals surface area contributed by atoms with Crippen molar-refractivity contribution < 1.29 is 14.7 Å². The van der Waals surface area contributed by atoms with Crippen molar-refractivity contribution in [2.24, 2.45) is 11.7 Å². The first-order valence-corrected chi connectivity index (χ1v) is 8.17. The number of amides is 1. The number of aliphatic carboxylic acids is 1. The maximum Gasteiger partial charge on any atom is 0.326 e. The van der Waals surface area contributed by atoms with Crippen molar-refractivity contribution in [3.63, 3.8) is 0 Å². The lowest BCUT2D eigenvalue weighted by atomic mass is 9.96. The minimum atomic E-state index is -1.02. The number of nitrogens with two attached hydrogens (primary N) is 1. The number of nitrogens with one attached hydrogen (secondary N) is 1. The Labute approximate surface area is 138 Å². The van der Waals surface area contributed by atoms with Gasteiger partial charge in [-0.05, 0) is 49.8 Å². The van der Waals surface area contributed by atoms with Gasteiger partial charge >= 0.3 is 5.97 Å². The van der Waals surface area contributed by atoms with Crippen molar-refractivity contribution in [1.29, 1.82) is 0 Å². The third kappa shape index (κ3) is 6.40. The van der Waals surface area contributed by atoms with E-state index in [9.17, 15) is 9.59 Å². The average Bonchev–Trinajstić information content (AvgIpc) is 2.50. The Morgan fingerprint density at radius 1 is 1.17 bits per heavy atom. The van der Waals surface area contributed by atoms with Gasteiger partial charge in [-0.2, -0.15) is 0 Å². The molecular weight excluding hydrogens is 292 g/mol. The molecule has 0 aliphatic carbocycles. The molecule has 4 N–H and O–H groups in total. The normalized spacial score (nSPS) is 13.6. The second-order valence-electron chi connectivity index (χ2n) is 6.39. The molecular formula is C18H28N2O3. The van der Waals surface area contributed by atoms with Gasteiger partial charge in [-0.3, -0.25) is 4.79 Å². The highest BCUT2D eigenvalue weighted by atomic mass is 16.4. The molecule has 23 heavy (non-hydrogen) atoms. The first kappa shape index (κ1) is 19.2. The summed E-state index contributed by atoms with van der Waals surface area (Å²) in [6, 6.07) is 7.06. The van der Waals surface area contributed by atoms with E-state index < -0.39 is 12.0 Å². The van der Waals surface area contributed by atoms with Gasteiger partial charge in [0.15, 0.2) is 0 Å². The summed E-state index contributed by atoms with van der Waals surface area (Å²) >= 11 is 0. The maximum atomic E-state index is 12.3. The summed E-state index contributed by atoms with van der Waals surface area (Å²) in [5.41, 5.74) is 7.53. The van der Waals surface area contributed by atoms with Crippen molar-refractivity contribution in [3.8, 4) is 0 Å². The summed E-state index contributed by atoms with van der Waals surface area (Å²) in [6.45, 7) is 6.52. The number of benzene rings is 1. The summed E-state index contributed by atoms with van der Waals surface area (Å²) < 4.78 is 0. The van der Waals surface area contributed by atoms with Crippen molar-refractivity contribution in [3.05, 3.63) is 35.4 Å². The van der Waals surface area contributed by atoms with E-state index in [2.05, 4.69) is 19.2 Å². The molecule has 0 aliphatic rings. The van der Waals surface area contributed by atoms with E-state index in [0.29, 0.717) is 25.3 Å². The second-order valence-corrected chi connectivity index (χ2v) is 6.39. The molecule has 0 saturated heterocycles. The van der Waals surface area contributed by atoms with Crippen molar-refractivity contribution in [1.82, 2.24) is 5.32 Å². The van der Waals surface area contributed by atoms with Crippen LogP contribution in [0.5, 0.6) is 0 Å². The fraction of sp³-hybridized carbons (Fsp3) is 0.556. The maximum absolute atomic E-state index is 12.3. The lowest BCUT2D eigenvalue weighted by Gasteiger charge is -2.18. The molecule has 0 bridgehead atoms. The average molecular weight is 320 g/mol. The number of rotatable bonds is 9. The Morgan fingerprint density at radius 3 is 2.26 bits per heavy atom. The van der Waals surface area contributed by atoms with E-state index in [1.54, 1.807) is 6.92 Å². The fourth-order valence-electron chi connectivity index (χ4n) is 2.44. The molecule has 1 aromatic rings. The Kier molecular flexibility index (Phi) is 7.75. The van der Waals surface area contributed by atoms with E-state index in [0.717, 1.165) is 12.0 Å². The Balaban J connectivity index is 2.69. The monoisotopic (exact) mass is 320 g/mol. The fourth-order valence-corrected chi connectivity index (χ4v) is 2.44. The van der Waals surface area contributed by atoms with Crippen LogP contribution in [-0.2, 0) is 16.0 Å². The van der Waals surface area contributed by atoms with E-state index in [1.165, 1.54) is 5.56 Å². The van der Waals surface area contributed by atoms with Crippen LogP contribution >= 0.6 is 0 Å².